The number of aromatic nitrogens is 4. The maximum atomic E-state index is 12.7. The second-order valence-corrected chi connectivity index (χ2v) is 8.37. The standard InChI is InChI=1S/C15H19F3N5O6PS/c1-2-3-31-14-21-11(19-5-15(16,17)18)8-12(22-14)23(6-20-8)13-10(25)9(24)7(29-13)4-28-30(26)27/h6-7,9-10,13,24-25H,2-5H2,1H3,(H-,19,21,22,26,27)/p+1/t7-,9-,10-,13-/m1/s1. The molecule has 2 aromatic heterocycles. The molecule has 0 amide bonds. The lowest BCUT2D eigenvalue weighted by Gasteiger charge is -2.17. The Kier molecular flexibility index (Phi) is 7.68. The second-order valence-electron chi connectivity index (χ2n) is 6.58. The molecular weight excluding hydrogens is 466 g/mol. The molecule has 2 aromatic rings. The fourth-order valence-electron chi connectivity index (χ4n) is 2.88. The van der Waals surface area contributed by atoms with Crippen LogP contribution in [0.4, 0.5) is 19.0 Å². The van der Waals surface area contributed by atoms with Crippen LogP contribution >= 0.6 is 20.0 Å². The van der Waals surface area contributed by atoms with E-state index < -0.39 is 52.1 Å². The van der Waals surface area contributed by atoms with Crippen LogP contribution in [0.15, 0.2) is 11.5 Å². The maximum Gasteiger partial charge on any atom is 0.694 e. The third kappa shape index (κ3) is 5.80. The lowest BCUT2D eigenvalue weighted by Crippen LogP contribution is -2.33. The number of ether oxygens (including phenoxy) is 1. The van der Waals surface area contributed by atoms with Crippen molar-refractivity contribution in [1.29, 1.82) is 0 Å². The van der Waals surface area contributed by atoms with Crippen LogP contribution < -0.4 is 5.32 Å². The number of nitrogens with one attached hydrogen (secondary N) is 1. The summed E-state index contributed by atoms with van der Waals surface area (Å²) in [5.74, 6) is 0.489. The van der Waals surface area contributed by atoms with Crippen LogP contribution in [0.1, 0.15) is 19.6 Å². The Morgan fingerprint density at radius 3 is 2.74 bits per heavy atom. The molecule has 172 valence electrons. The van der Waals surface area contributed by atoms with E-state index in [2.05, 4.69) is 24.8 Å². The maximum absolute atomic E-state index is 12.7. The lowest BCUT2D eigenvalue weighted by molar-refractivity contribution is -0.115. The minimum Gasteiger partial charge on any atom is -0.387 e. The third-order valence-corrected chi connectivity index (χ3v) is 5.68. The first kappa shape index (κ1) is 24.0. The number of rotatable bonds is 9. The van der Waals surface area contributed by atoms with Gasteiger partial charge in [0.05, 0.1) is 6.33 Å². The lowest BCUT2D eigenvalue weighted by atomic mass is 10.1. The molecule has 0 saturated carbocycles. The normalized spacial score (nSPS) is 24.7. The number of hydrogen-bond donors (Lipinski definition) is 4. The molecule has 3 heterocycles. The van der Waals surface area contributed by atoms with Gasteiger partial charge in [-0.1, -0.05) is 18.7 Å². The van der Waals surface area contributed by atoms with Crippen molar-refractivity contribution in [3.05, 3.63) is 6.33 Å². The summed E-state index contributed by atoms with van der Waals surface area (Å²) in [7, 11) is -2.93. The minimum atomic E-state index is -4.48. The van der Waals surface area contributed by atoms with Crippen molar-refractivity contribution in [2.45, 2.75) is 49.2 Å². The van der Waals surface area contributed by atoms with E-state index in [1.54, 1.807) is 0 Å². The van der Waals surface area contributed by atoms with E-state index in [0.29, 0.717) is 5.75 Å². The number of aliphatic hydroxyl groups is 2. The summed E-state index contributed by atoms with van der Waals surface area (Å²) in [6.07, 6.45) is -7.76. The van der Waals surface area contributed by atoms with Crippen LogP contribution in [0, 0.1) is 0 Å². The van der Waals surface area contributed by atoms with Gasteiger partial charge in [0, 0.05) is 10.3 Å². The molecule has 1 saturated heterocycles. The Morgan fingerprint density at radius 2 is 2.10 bits per heavy atom. The van der Waals surface area contributed by atoms with Crippen LogP contribution in [0.2, 0.25) is 0 Å². The molecule has 0 aliphatic carbocycles. The molecule has 0 aromatic carbocycles. The van der Waals surface area contributed by atoms with E-state index in [4.69, 9.17) is 9.63 Å². The smallest absolute Gasteiger partial charge is 0.387 e. The summed E-state index contributed by atoms with van der Waals surface area (Å²) in [5.41, 5.74) is 0.109. The number of imidazole rings is 1. The molecule has 4 N–H and O–H groups in total. The summed E-state index contributed by atoms with van der Waals surface area (Å²) in [6, 6.07) is 0. The molecule has 16 heteroatoms. The van der Waals surface area contributed by atoms with E-state index in [9.17, 15) is 27.9 Å². The third-order valence-electron chi connectivity index (χ3n) is 4.25. The predicted molar refractivity (Wildman–Crippen MR) is 103 cm³/mol. The average molecular weight is 486 g/mol. The van der Waals surface area contributed by atoms with Gasteiger partial charge in [-0.05, 0) is 6.42 Å². The van der Waals surface area contributed by atoms with Gasteiger partial charge >= 0.3 is 14.4 Å². The van der Waals surface area contributed by atoms with Gasteiger partial charge in [0.25, 0.3) is 0 Å². The summed E-state index contributed by atoms with van der Waals surface area (Å²) in [5, 5.41) is 23.0. The largest absolute Gasteiger partial charge is 0.694 e. The monoisotopic (exact) mass is 486 g/mol. The topological polar surface area (TPSA) is 152 Å². The number of nitrogens with zero attached hydrogens (tertiary/aromatic N) is 4. The first-order valence-electron chi connectivity index (χ1n) is 9.09. The van der Waals surface area contributed by atoms with E-state index in [1.165, 1.54) is 22.7 Å². The quantitative estimate of drug-likeness (QED) is 0.232. The highest BCUT2D eigenvalue weighted by atomic mass is 32.2. The van der Waals surface area contributed by atoms with Crippen molar-refractivity contribution in [1.82, 2.24) is 19.5 Å². The Labute approximate surface area is 178 Å². The Morgan fingerprint density at radius 1 is 1.35 bits per heavy atom. The fraction of sp³-hybridized carbons (Fsp3) is 0.667. The van der Waals surface area contributed by atoms with Crippen LogP contribution in [-0.2, 0) is 13.8 Å². The second kappa shape index (κ2) is 9.90. The van der Waals surface area contributed by atoms with Gasteiger partial charge < -0.3 is 20.3 Å². The van der Waals surface area contributed by atoms with Gasteiger partial charge in [0.15, 0.2) is 28.4 Å². The number of anilines is 1. The Hall–Kier alpha value is -1.61. The molecule has 11 nitrogen and oxygen atoms in total. The van der Waals surface area contributed by atoms with Crippen molar-refractivity contribution in [2.75, 3.05) is 24.2 Å². The molecule has 0 spiro atoms. The Balaban J connectivity index is 1.94. The van der Waals surface area contributed by atoms with Crippen LogP contribution in [0.25, 0.3) is 11.2 Å². The SMILES string of the molecule is CCCSc1nc(NCC(F)(F)F)c2ncn([C@@H]3O[C@H](CO[P+](=O)O)[C@@H](O)[C@H]3O)c2n1. The molecule has 0 bridgehead atoms. The molecule has 1 aliphatic rings. The average Bonchev–Trinajstić information content (AvgIpc) is 3.24. The number of halogens is 3. The molecule has 1 aliphatic heterocycles. The molecule has 1 unspecified atom stereocenters. The van der Waals surface area contributed by atoms with E-state index in [-0.39, 0.29) is 22.1 Å². The summed E-state index contributed by atoms with van der Waals surface area (Å²) in [6.45, 7) is 0.132. The van der Waals surface area contributed by atoms with E-state index in [0.717, 1.165) is 6.42 Å². The highest BCUT2D eigenvalue weighted by Crippen LogP contribution is 2.34. The molecule has 0 radical (unpaired) electrons. The summed E-state index contributed by atoms with van der Waals surface area (Å²) in [4.78, 5) is 21.2. The van der Waals surface area contributed by atoms with Gasteiger partial charge in [0.1, 0.15) is 31.5 Å². The zero-order valence-electron chi connectivity index (χ0n) is 16.1. The molecule has 5 atom stereocenters. The van der Waals surface area contributed by atoms with Crippen molar-refractivity contribution in [3.63, 3.8) is 0 Å². The first-order valence-corrected chi connectivity index (χ1v) is 11.2. The number of alkyl halides is 3. The molecular formula is C15H20F3N5O6PS+. The number of fused-ring (bicyclic) bond motifs is 1. The zero-order chi connectivity index (χ0) is 22.8. The molecule has 3 rings (SSSR count). The van der Waals surface area contributed by atoms with Gasteiger partial charge in [-0.15, -0.1) is 9.42 Å². The number of aliphatic hydroxyl groups excluding tert-OH is 2. The number of thioether (sulfide) groups is 1. The van der Waals surface area contributed by atoms with Gasteiger partial charge in [-0.2, -0.15) is 13.2 Å². The van der Waals surface area contributed by atoms with Gasteiger partial charge in [-0.3, -0.25) is 4.57 Å². The zero-order valence-corrected chi connectivity index (χ0v) is 17.8. The van der Waals surface area contributed by atoms with Crippen molar-refractivity contribution in [3.8, 4) is 0 Å². The van der Waals surface area contributed by atoms with Crippen LogP contribution in [0.5, 0.6) is 0 Å². The highest BCUT2D eigenvalue weighted by Gasteiger charge is 2.45. The minimum absolute atomic E-state index is 0.0218. The Bertz CT molecular complexity index is 934. The predicted octanol–water partition coefficient (Wildman–Crippen LogP) is 1.59. The van der Waals surface area contributed by atoms with E-state index in [1.807, 2.05) is 6.92 Å². The number of hydrogen-bond acceptors (Lipinski definition) is 10. The van der Waals surface area contributed by atoms with Crippen molar-refractivity contribution < 1.29 is 42.1 Å². The first-order chi connectivity index (χ1) is 14.6. The van der Waals surface area contributed by atoms with Gasteiger partial charge in [0.2, 0.25) is 0 Å². The van der Waals surface area contributed by atoms with E-state index >= 15 is 0 Å². The molecule has 1 fully saturated rings. The van der Waals surface area contributed by atoms with Gasteiger partial charge in [-0.25, -0.2) is 15.0 Å². The van der Waals surface area contributed by atoms with Crippen molar-refractivity contribution in [2.24, 2.45) is 0 Å². The van der Waals surface area contributed by atoms with Crippen molar-refractivity contribution >= 4 is 37.0 Å². The fourth-order valence-corrected chi connectivity index (χ4v) is 3.85. The highest BCUT2D eigenvalue weighted by molar-refractivity contribution is 7.99. The summed E-state index contributed by atoms with van der Waals surface area (Å²) >= 11 is 1.23. The van der Waals surface area contributed by atoms with Crippen LogP contribution in [-0.4, -0.2) is 78.0 Å². The van der Waals surface area contributed by atoms with Crippen LogP contribution in [0.3, 0.4) is 0 Å². The summed E-state index contributed by atoms with van der Waals surface area (Å²) < 4.78 is 60.2. The molecule has 31 heavy (non-hydrogen) atoms.